The van der Waals surface area contributed by atoms with E-state index >= 15 is 0 Å². The molecule has 0 aliphatic carbocycles. The van der Waals surface area contributed by atoms with Crippen molar-refractivity contribution in [2.75, 3.05) is 13.1 Å². The maximum Gasteiger partial charge on any atom is 0.253 e. The summed E-state index contributed by atoms with van der Waals surface area (Å²) in [4.78, 5) is 14.7. The van der Waals surface area contributed by atoms with Gasteiger partial charge in [-0.1, -0.05) is 11.6 Å². The number of hydrogen-bond acceptors (Lipinski definition) is 4. The number of primary sulfonamides is 1. The molecular weight excluding hydrogens is 436 g/mol. The molecule has 1 aromatic heterocycles. The first-order chi connectivity index (χ1) is 14.7. The van der Waals surface area contributed by atoms with Gasteiger partial charge in [0, 0.05) is 35.3 Å². The van der Waals surface area contributed by atoms with Gasteiger partial charge in [-0.05, 0) is 74.4 Å². The number of carbonyl (C=O) groups excluding carboxylic acids is 1. The summed E-state index contributed by atoms with van der Waals surface area (Å²) in [6, 6.07) is 15.4. The van der Waals surface area contributed by atoms with Gasteiger partial charge in [0.05, 0.1) is 16.3 Å². The summed E-state index contributed by atoms with van der Waals surface area (Å²) in [6.45, 7) is 3.24. The van der Waals surface area contributed by atoms with Crippen LogP contribution in [0.1, 0.15) is 40.5 Å². The lowest BCUT2D eigenvalue weighted by Gasteiger charge is -2.32. The zero-order valence-electron chi connectivity index (χ0n) is 17.0. The van der Waals surface area contributed by atoms with E-state index in [2.05, 4.69) is 11.2 Å². The van der Waals surface area contributed by atoms with Gasteiger partial charge in [0.2, 0.25) is 10.0 Å². The van der Waals surface area contributed by atoms with Crippen LogP contribution in [0.2, 0.25) is 5.02 Å². The van der Waals surface area contributed by atoms with Crippen LogP contribution in [0.25, 0.3) is 5.69 Å². The lowest BCUT2D eigenvalue weighted by molar-refractivity contribution is 0.0711. The number of benzene rings is 2. The molecule has 1 aliphatic heterocycles. The minimum atomic E-state index is -3.74. The average molecular weight is 459 g/mol. The molecule has 0 radical (unpaired) electrons. The minimum Gasteiger partial charge on any atom is -0.339 e. The van der Waals surface area contributed by atoms with Gasteiger partial charge in [-0.15, -0.1) is 0 Å². The van der Waals surface area contributed by atoms with Crippen molar-refractivity contribution in [1.82, 2.24) is 14.7 Å². The van der Waals surface area contributed by atoms with Crippen LogP contribution in [-0.4, -0.2) is 42.1 Å². The Morgan fingerprint density at radius 3 is 2.26 bits per heavy atom. The number of aromatic nitrogens is 2. The first-order valence-electron chi connectivity index (χ1n) is 9.97. The fourth-order valence-corrected chi connectivity index (χ4v) is 4.59. The molecule has 0 unspecified atom stereocenters. The van der Waals surface area contributed by atoms with Gasteiger partial charge >= 0.3 is 0 Å². The quantitative estimate of drug-likeness (QED) is 0.646. The van der Waals surface area contributed by atoms with Crippen LogP contribution in [0.15, 0.2) is 59.5 Å². The van der Waals surface area contributed by atoms with E-state index in [1.165, 1.54) is 12.1 Å². The number of sulfonamides is 1. The molecule has 9 heteroatoms. The Kier molecular flexibility index (Phi) is 5.88. The summed E-state index contributed by atoms with van der Waals surface area (Å²) in [5.74, 6) is 0.256. The molecule has 0 bridgehead atoms. The topological polar surface area (TPSA) is 98.3 Å². The number of halogens is 1. The lowest BCUT2D eigenvalue weighted by Crippen LogP contribution is -2.38. The molecule has 0 atom stereocenters. The molecule has 2 heterocycles. The number of carbonyl (C=O) groups is 1. The van der Waals surface area contributed by atoms with Crippen molar-refractivity contribution in [3.63, 3.8) is 0 Å². The molecule has 0 spiro atoms. The maximum absolute atomic E-state index is 12.8. The number of likely N-dealkylation sites (tertiary alicyclic amines) is 1. The second-order valence-corrected chi connectivity index (χ2v) is 9.73. The van der Waals surface area contributed by atoms with Gasteiger partial charge in [-0.3, -0.25) is 4.79 Å². The molecule has 1 saturated heterocycles. The van der Waals surface area contributed by atoms with Gasteiger partial charge < -0.3 is 4.90 Å². The molecule has 31 heavy (non-hydrogen) atoms. The van der Waals surface area contributed by atoms with E-state index in [9.17, 15) is 13.2 Å². The van der Waals surface area contributed by atoms with Gasteiger partial charge in [0.1, 0.15) is 0 Å². The van der Waals surface area contributed by atoms with Crippen LogP contribution in [0.5, 0.6) is 0 Å². The Morgan fingerprint density at radius 2 is 1.68 bits per heavy atom. The number of rotatable bonds is 4. The van der Waals surface area contributed by atoms with E-state index < -0.39 is 10.0 Å². The van der Waals surface area contributed by atoms with Gasteiger partial charge in [0.25, 0.3) is 5.91 Å². The van der Waals surface area contributed by atoms with Crippen LogP contribution in [0.3, 0.4) is 0 Å². The predicted molar refractivity (Wildman–Crippen MR) is 119 cm³/mol. The molecule has 1 fully saturated rings. The Hall–Kier alpha value is -2.68. The largest absolute Gasteiger partial charge is 0.339 e. The van der Waals surface area contributed by atoms with E-state index in [-0.39, 0.29) is 16.7 Å². The van der Waals surface area contributed by atoms with Crippen molar-refractivity contribution in [2.24, 2.45) is 5.14 Å². The van der Waals surface area contributed by atoms with Crippen molar-refractivity contribution >= 4 is 27.5 Å². The molecule has 1 amide bonds. The van der Waals surface area contributed by atoms with Crippen LogP contribution >= 0.6 is 11.6 Å². The van der Waals surface area contributed by atoms with Crippen molar-refractivity contribution in [3.8, 4) is 5.69 Å². The SMILES string of the molecule is Cc1cc(C2CCN(C(=O)c3ccc(Cl)cc3)CC2)n(-c2ccc(S(N)(=O)=O)cc2)n1. The predicted octanol–water partition coefficient (Wildman–Crippen LogP) is 3.50. The highest BCUT2D eigenvalue weighted by Gasteiger charge is 2.27. The first kappa shape index (κ1) is 21.5. The van der Waals surface area contributed by atoms with E-state index in [1.54, 1.807) is 36.4 Å². The van der Waals surface area contributed by atoms with Crippen molar-refractivity contribution < 1.29 is 13.2 Å². The maximum atomic E-state index is 12.8. The molecule has 162 valence electrons. The number of hydrogen-bond donors (Lipinski definition) is 1. The third-order valence-corrected chi connectivity index (χ3v) is 6.74. The first-order valence-corrected chi connectivity index (χ1v) is 11.9. The molecule has 2 aromatic carbocycles. The van der Waals surface area contributed by atoms with Crippen LogP contribution < -0.4 is 5.14 Å². The number of aryl methyl sites for hydroxylation is 1. The second-order valence-electron chi connectivity index (χ2n) is 7.73. The number of amides is 1. The average Bonchev–Trinajstić information content (AvgIpc) is 3.15. The van der Waals surface area contributed by atoms with Crippen molar-refractivity contribution in [1.29, 1.82) is 0 Å². The van der Waals surface area contributed by atoms with E-state index in [4.69, 9.17) is 16.7 Å². The highest BCUT2D eigenvalue weighted by molar-refractivity contribution is 7.89. The smallest absolute Gasteiger partial charge is 0.253 e. The van der Waals surface area contributed by atoms with Crippen molar-refractivity contribution in [3.05, 3.63) is 76.6 Å². The fourth-order valence-electron chi connectivity index (χ4n) is 3.95. The highest BCUT2D eigenvalue weighted by Crippen LogP contribution is 2.31. The Balaban J connectivity index is 1.50. The molecular formula is C22H23ClN4O3S. The monoisotopic (exact) mass is 458 g/mol. The summed E-state index contributed by atoms with van der Waals surface area (Å²) in [5.41, 5.74) is 3.35. The van der Waals surface area contributed by atoms with Crippen LogP contribution in [0, 0.1) is 6.92 Å². The zero-order valence-corrected chi connectivity index (χ0v) is 18.6. The molecule has 2 N–H and O–H groups in total. The summed E-state index contributed by atoms with van der Waals surface area (Å²) >= 11 is 5.92. The third-order valence-electron chi connectivity index (χ3n) is 5.56. The Labute approximate surface area is 186 Å². The molecule has 1 aliphatic rings. The van der Waals surface area contributed by atoms with E-state index in [0.29, 0.717) is 23.7 Å². The molecule has 0 saturated carbocycles. The standard InChI is InChI=1S/C22H23ClN4O3S/c1-15-14-21(27(25-15)19-6-8-20(9-7-19)31(24,29)30)16-10-12-26(13-11-16)22(28)17-2-4-18(23)5-3-17/h2-9,14,16H,10-13H2,1H3,(H2,24,29,30). The number of nitrogens with two attached hydrogens (primary N) is 1. The zero-order chi connectivity index (χ0) is 22.2. The Bertz CT molecular complexity index is 1200. The summed E-state index contributed by atoms with van der Waals surface area (Å²) < 4.78 is 24.9. The van der Waals surface area contributed by atoms with Crippen LogP contribution in [-0.2, 0) is 10.0 Å². The van der Waals surface area contributed by atoms with Gasteiger partial charge in [0.15, 0.2) is 0 Å². The van der Waals surface area contributed by atoms with Gasteiger partial charge in [-0.25, -0.2) is 18.2 Å². The minimum absolute atomic E-state index is 0.0124. The molecule has 3 aromatic rings. The van der Waals surface area contributed by atoms with Crippen LogP contribution in [0.4, 0.5) is 0 Å². The number of piperidine rings is 1. The van der Waals surface area contributed by atoms with Gasteiger partial charge in [-0.2, -0.15) is 5.10 Å². The third kappa shape index (κ3) is 4.66. The van der Waals surface area contributed by atoms with Crippen molar-refractivity contribution in [2.45, 2.75) is 30.6 Å². The fraction of sp³-hybridized carbons (Fsp3) is 0.273. The normalized spacial score (nSPS) is 15.3. The Morgan fingerprint density at radius 1 is 1.06 bits per heavy atom. The summed E-state index contributed by atoms with van der Waals surface area (Å²) in [5, 5.41) is 10.4. The lowest BCUT2D eigenvalue weighted by atomic mass is 9.92. The van der Waals surface area contributed by atoms with E-state index in [1.807, 2.05) is 16.5 Å². The second kappa shape index (κ2) is 8.45. The van der Waals surface area contributed by atoms with E-state index in [0.717, 1.165) is 29.9 Å². The summed E-state index contributed by atoms with van der Waals surface area (Å²) in [7, 11) is -3.74. The molecule has 4 rings (SSSR count). The highest BCUT2D eigenvalue weighted by atomic mass is 35.5. The number of nitrogens with zero attached hydrogens (tertiary/aromatic N) is 3. The summed E-state index contributed by atoms with van der Waals surface area (Å²) in [6.07, 6.45) is 1.64. The molecule has 7 nitrogen and oxygen atoms in total.